The molecule has 1 atom stereocenters. The molecule has 0 spiro atoms. The van der Waals surface area contributed by atoms with Gasteiger partial charge in [-0.15, -0.1) is 0 Å². The Balaban J connectivity index is 2.04. The quantitative estimate of drug-likeness (QED) is 0.883. The molecule has 0 bridgehead atoms. The van der Waals surface area contributed by atoms with E-state index in [0.717, 1.165) is 22.8 Å². The molecule has 2 rings (SSSR count). The second-order valence-corrected chi connectivity index (χ2v) is 4.82. The normalized spacial score (nSPS) is 12.6. The van der Waals surface area contributed by atoms with Gasteiger partial charge in [0.25, 0.3) is 0 Å². The summed E-state index contributed by atoms with van der Waals surface area (Å²) in [4.78, 5) is 0. The lowest BCUT2D eigenvalue weighted by Gasteiger charge is -2.18. The number of ether oxygens (including phenoxy) is 1. The number of aryl methyl sites for hydroxylation is 1. The van der Waals surface area contributed by atoms with E-state index >= 15 is 0 Å². The largest absolute Gasteiger partial charge is 0.383 e. The molecule has 102 valence electrons. The van der Waals surface area contributed by atoms with Crippen LogP contribution in [0.1, 0.15) is 17.3 Å². The van der Waals surface area contributed by atoms with Crippen LogP contribution in [-0.4, -0.2) is 23.5 Å². The number of hydrogen-bond donors (Lipinski definition) is 1. The minimum Gasteiger partial charge on any atom is -0.383 e. The first-order valence-electron chi connectivity index (χ1n) is 6.15. The lowest BCUT2D eigenvalue weighted by atomic mass is 10.1. The average Bonchev–Trinajstić information content (AvgIpc) is 2.81. The Morgan fingerprint density at radius 1 is 1.32 bits per heavy atom. The smallest absolute Gasteiger partial charge is 0.0657 e. The fourth-order valence-electron chi connectivity index (χ4n) is 1.94. The van der Waals surface area contributed by atoms with Crippen LogP contribution in [0.25, 0.3) is 0 Å². The minimum absolute atomic E-state index is 0.136. The molecular formula is C14H18ClN3O. The van der Waals surface area contributed by atoms with E-state index in [1.807, 2.05) is 42.1 Å². The van der Waals surface area contributed by atoms with Crippen LogP contribution in [-0.2, 0) is 18.3 Å². The monoisotopic (exact) mass is 279 g/mol. The van der Waals surface area contributed by atoms with Crippen LogP contribution in [0.15, 0.2) is 36.5 Å². The molecule has 0 amide bonds. The Labute approximate surface area is 118 Å². The Kier molecular flexibility index (Phi) is 4.96. The molecule has 0 radical (unpaired) electrons. The van der Waals surface area contributed by atoms with E-state index in [9.17, 15) is 0 Å². The van der Waals surface area contributed by atoms with E-state index in [4.69, 9.17) is 16.3 Å². The van der Waals surface area contributed by atoms with Gasteiger partial charge in [-0.25, -0.2) is 0 Å². The fourth-order valence-corrected chi connectivity index (χ4v) is 2.06. The molecule has 0 saturated heterocycles. The molecule has 0 aliphatic carbocycles. The summed E-state index contributed by atoms with van der Waals surface area (Å²) in [6, 6.07) is 9.96. The molecule has 0 aliphatic heterocycles. The molecule has 1 heterocycles. The van der Waals surface area contributed by atoms with Crippen molar-refractivity contribution < 1.29 is 4.74 Å². The van der Waals surface area contributed by atoms with Gasteiger partial charge in [-0.1, -0.05) is 23.7 Å². The highest BCUT2D eigenvalue weighted by Gasteiger charge is 2.11. The Morgan fingerprint density at radius 3 is 2.63 bits per heavy atom. The Hall–Kier alpha value is -1.36. The highest BCUT2D eigenvalue weighted by Crippen LogP contribution is 2.17. The third-order valence-corrected chi connectivity index (χ3v) is 3.31. The molecule has 1 aromatic carbocycles. The third kappa shape index (κ3) is 3.80. The summed E-state index contributed by atoms with van der Waals surface area (Å²) in [5.74, 6) is 0. The summed E-state index contributed by atoms with van der Waals surface area (Å²) in [5.41, 5.74) is 2.29. The molecule has 0 unspecified atom stereocenters. The van der Waals surface area contributed by atoms with Crippen molar-refractivity contribution in [3.05, 3.63) is 52.8 Å². The molecule has 2 aromatic rings. The van der Waals surface area contributed by atoms with Crippen LogP contribution < -0.4 is 5.32 Å². The number of rotatable bonds is 6. The highest BCUT2D eigenvalue weighted by atomic mass is 35.5. The summed E-state index contributed by atoms with van der Waals surface area (Å²) < 4.78 is 7.13. The van der Waals surface area contributed by atoms with E-state index in [0.29, 0.717) is 6.61 Å². The van der Waals surface area contributed by atoms with Crippen molar-refractivity contribution in [3.8, 4) is 0 Å². The zero-order valence-electron chi connectivity index (χ0n) is 11.1. The second-order valence-electron chi connectivity index (χ2n) is 4.39. The van der Waals surface area contributed by atoms with Crippen molar-refractivity contribution in [1.29, 1.82) is 0 Å². The average molecular weight is 280 g/mol. The lowest BCUT2D eigenvalue weighted by molar-refractivity contribution is 0.166. The van der Waals surface area contributed by atoms with Crippen molar-refractivity contribution in [3.63, 3.8) is 0 Å². The number of methoxy groups -OCH3 is 1. The van der Waals surface area contributed by atoms with Crippen LogP contribution in [0.3, 0.4) is 0 Å². The summed E-state index contributed by atoms with van der Waals surface area (Å²) in [5, 5.41) is 8.37. The predicted molar refractivity (Wildman–Crippen MR) is 76.1 cm³/mol. The highest BCUT2D eigenvalue weighted by molar-refractivity contribution is 6.30. The number of nitrogens with zero attached hydrogens (tertiary/aromatic N) is 2. The predicted octanol–water partition coefficient (Wildman–Crippen LogP) is 2.55. The van der Waals surface area contributed by atoms with Crippen LogP contribution in [0, 0.1) is 0 Å². The van der Waals surface area contributed by atoms with Gasteiger partial charge in [-0.05, 0) is 23.8 Å². The number of nitrogens with one attached hydrogen (secondary N) is 1. The van der Waals surface area contributed by atoms with Crippen LogP contribution in [0.5, 0.6) is 0 Å². The van der Waals surface area contributed by atoms with Crippen molar-refractivity contribution in [1.82, 2.24) is 15.1 Å². The van der Waals surface area contributed by atoms with Crippen LogP contribution >= 0.6 is 11.6 Å². The molecular weight excluding hydrogens is 262 g/mol. The first-order valence-corrected chi connectivity index (χ1v) is 6.53. The minimum atomic E-state index is 0.136. The van der Waals surface area contributed by atoms with E-state index in [1.165, 1.54) is 0 Å². The van der Waals surface area contributed by atoms with Gasteiger partial charge in [0.1, 0.15) is 0 Å². The maximum Gasteiger partial charge on any atom is 0.0657 e. The Morgan fingerprint density at radius 2 is 2.05 bits per heavy atom. The summed E-state index contributed by atoms with van der Waals surface area (Å²) in [6.45, 7) is 1.35. The van der Waals surface area contributed by atoms with Crippen molar-refractivity contribution in [2.24, 2.45) is 7.05 Å². The van der Waals surface area contributed by atoms with Gasteiger partial charge in [-0.2, -0.15) is 5.10 Å². The van der Waals surface area contributed by atoms with E-state index in [1.54, 1.807) is 13.3 Å². The van der Waals surface area contributed by atoms with Crippen molar-refractivity contribution in [2.45, 2.75) is 12.6 Å². The van der Waals surface area contributed by atoms with Gasteiger partial charge in [-0.3, -0.25) is 4.68 Å². The maximum absolute atomic E-state index is 5.91. The maximum atomic E-state index is 5.91. The molecule has 1 aromatic heterocycles. The van der Waals surface area contributed by atoms with Gasteiger partial charge >= 0.3 is 0 Å². The standard InChI is InChI=1S/C14H18ClN3O/c1-18-13(7-8-17-18)9-16-14(10-19-2)11-3-5-12(15)6-4-11/h3-8,14,16H,9-10H2,1-2H3/t14-/m0/s1. The second kappa shape index (κ2) is 6.70. The zero-order valence-corrected chi connectivity index (χ0v) is 11.9. The van der Waals surface area contributed by atoms with E-state index < -0.39 is 0 Å². The summed E-state index contributed by atoms with van der Waals surface area (Å²) >= 11 is 5.91. The first-order chi connectivity index (χ1) is 9.20. The number of benzene rings is 1. The number of hydrogen-bond acceptors (Lipinski definition) is 3. The van der Waals surface area contributed by atoms with Crippen molar-refractivity contribution in [2.75, 3.05) is 13.7 Å². The zero-order chi connectivity index (χ0) is 13.7. The molecule has 19 heavy (non-hydrogen) atoms. The SMILES string of the molecule is COC[C@H](NCc1ccnn1C)c1ccc(Cl)cc1. The van der Waals surface area contributed by atoms with Gasteiger partial charge < -0.3 is 10.1 Å². The number of aromatic nitrogens is 2. The number of halogens is 1. The lowest BCUT2D eigenvalue weighted by Crippen LogP contribution is -2.25. The third-order valence-electron chi connectivity index (χ3n) is 3.06. The first kappa shape index (κ1) is 14.1. The van der Waals surface area contributed by atoms with Gasteiger partial charge in [0.15, 0.2) is 0 Å². The van der Waals surface area contributed by atoms with E-state index in [-0.39, 0.29) is 6.04 Å². The van der Waals surface area contributed by atoms with Gasteiger partial charge in [0, 0.05) is 31.9 Å². The van der Waals surface area contributed by atoms with Crippen LogP contribution in [0.2, 0.25) is 5.02 Å². The fraction of sp³-hybridized carbons (Fsp3) is 0.357. The summed E-state index contributed by atoms with van der Waals surface area (Å²) in [7, 11) is 3.64. The molecule has 0 fully saturated rings. The molecule has 0 aliphatic rings. The molecule has 1 N–H and O–H groups in total. The molecule has 0 saturated carbocycles. The Bertz CT molecular complexity index is 510. The van der Waals surface area contributed by atoms with Crippen molar-refractivity contribution >= 4 is 11.6 Å². The molecule has 4 nitrogen and oxygen atoms in total. The topological polar surface area (TPSA) is 39.1 Å². The van der Waals surface area contributed by atoms with Gasteiger partial charge in [0.05, 0.1) is 18.3 Å². The van der Waals surface area contributed by atoms with Crippen LogP contribution in [0.4, 0.5) is 0 Å². The summed E-state index contributed by atoms with van der Waals surface area (Å²) in [6.07, 6.45) is 1.80. The van der Waals surface area contributed by atoms with E-state index in [2.05, 4.69) is 10.4 Å². The van der Waals surface area contributed by atoms with Gasteiger partial charge in [0.2, 0.25) is 0 Å². The molecule has 5 heteroatoms.